The Morgan fingerprint density at radius 1 is 1.43 bits per heavy atom. The van der Waals surface area contributed by atoms with E-state index in [1.165, 1.54) is 0 Å². The van der Waals surface area contributed by atoms with E-state index in [-0.39, 0.29) is 6.03 Å². The SMILES string of the molecule is CC1CCN(C(=O)NCc2cccc(C#CCN)c2)CC1. The van der Waals surface area contributed by atoms with Gasteiger partial charge >= 0.3 is 6.03 Å². The highest BCUT2D eigenvalue weighted by Crippen LogP contribution is 2.15. The molecule has 21 heavy (non-hydrogen) atoms. The first-order valence-corrected chi connectivity index (χ1v) is 7.49. The fourth-order valence-electron chi connectivity index (χ4n) is 2.41. The molecule has 1 aliphatic rings. The molecule has 1 saturated heterocycles. The molecule has 0 aromatic heterocycles. The lowest BCUT2D eigenvalue weighted by Gasteiger charge is -2.30. The highest BCUT2D eigenvalue weighted by atomic mass is 16.2. The molecule has 0 saturated carbocycles. The lowest BCUT2D eigenvalue weighted by atomic mass is 10.00. The highest BCUT2D eigenvalue weighted by molar-refractivity contribution is 5.74. The quantitative estimate of drug-likeness (QED) is 0.816. The number of amides is 2. The second-order valence-electron chi connectivity index (χ2n) is 5.53. The molecule has 2 rings (SSSR count). The van der Waals surface area contributed by atoms with Crippen molar-refractivity contribution in [3.63, 3.8) is 0 Å². The summed E-state index contributed by atoms with van der Waals surface area (Å²) in [6.45, 7) is 4.84. The number of likely N-dealkylation sites (tertiary alicyclic amines) is 1. The van der Waals surface area contributed by atoms with Crippen LogP contribution in [0.15, 0.2) is 24.3 Å². The van der Waals surface area contributed by atoms with Crippen molar-refractivity contribution in [1.29, 1.82) is 0 Å². The number of hydrogen-bond donors (Lipinski definition) is 2. The van der Waals surface area contributed by atoms with E-state index in [1.807, 2.05) is 29.2 Å². The second kappa shape index (κ2) is 7.70. The van der Waals surface area contributed by atoms with E-state index in [9.17, 15) is 4.79 Å². The Labute approximate surface area is 126 Å². The minimum absolute atomic E-state index is 0.0281. The average molecular weight is 285 g/mol. The molecule has 0 bridgehead atoms. The minimum Gasteiger partial charge on any atom is -0.334 e. The summed E-state index contributed by atoms with van der Waals surface area (Å²) in [5, 5.41) is 2.98. The number of rotatable bonds is 2. The molecular weight excluding hydrogens is 262 g/mol. The summed E-state index contributed by atoms with van der Waals surface area (Å²) < 4.78 is 0. The standard InChI is InChI=1S/C17H23N3O/c1-14-7-10-20(11-8-14)17(21)19-13-16-5-2-4-15(12-16)6-3-9-18/h2,4-5,12,14H,7-11,13,18H2,1H3,(H,19,21). The molecule has 1 heterocycles. The third-order valence-electron chi connectivity index (χ3n) is 3.78. The zero-order valence-electron chi connectivity index (χ0n) is 12.6. The third kappa shape index (κ3) is 4.80. The Balaban J connectivity index is 1.86. The number of nitrogens with one attached hydrogen (secondary N) is 1. The number of piperidine rings is 1. The lowest BCUT2D eigenvalue weighted by Crippen LogP contribution is -2.43. The molecule has 3 N–H and O–H groups in total. The first-order chi connectivity index (χ1) is 10.2. The smallest absolute Gasteiger partial charge is 0.317 e. The minimum atomic E-state index is 0.0281. The fraction of sp³-hybridized carbons (Fsp3) is 0.471. The Morgan fingerprint density at radius 2 is 2.19 bits per heavy atom. The van der Waals surface area contributed by atoms with Crippen LogP contribution in [0.3, 0.4) is 0 Å². The predicted molar refractivity (Wildman–Crippen MR) is 84.6 cm³/mol. The monoisotopic (exact) mass is 285 g/mol. The van der Waals surface area contributed by atoms with Crippen LogP contribution in [0.1, 0.15) is 30.9 Å². The van der Waals surface area contributed by atoms with Crippen molar-refractivity contribution >= 4 is 6.03 Å². The largest absolute Gasteiger partial charge is 0.334 e. The van der Waals surface area contributed by atoms with Gasteiger partial charge in [-0.3, -0.25) is 0 Å². The van der Waals surface area contributed by atoms with E-state index >= 15 is 0 Å². The Hall–Kier alpha value is -1.99. The molecule has 0 aliphatic carbocycles. The van der Waals surface area contributed by atoms with Gasteiger partial charge in [-0.05, 0) is 36.5 Å². The van der Waals surface area contributed by atoms with Gasteiger partial charge in [0.1, 0.15) is 0 Å². The van der Waals surface area contributed by atoms with Gasteiger partial charge in [0.2, 0.25) is 0 Å². The topological polar surface area (TPSA) is 58.4 Å². The molecule has 2 amide bonds. The van der Waals surface area contributed by atoms with Gasteiger partial charge in [0.05, 0.1) is 6.54 Å². The van der Waals surface area contributed by atoms with Gasteiger partial charge in [0.25, 0.3) is 0 Å². The number of carbonyl (C=O) groups excluding carboxylic acids is 1. The molecule has 1 aromatic rings. The summed E-state index contributed by atoms with van der Waals surface area (Å²) in [6, 6.07) is 7.90. The Bertz CT molecular complexity index is 536. The maximum Gasteiger partial charge on any atom is 0.317 e. The van der Waals surface area contributed by atoms with Crippen LogP contribution in [0.5, 0.6) is 0 Å². The normalized spacial score (nSPS) is 15.2. The van der Waals surface area contributed by atoms with Gasteiger partial charge in [0, 0.05) is 25.2 Å². The summed E-state index contributed by atoms with van der Waals surface area (Å²) in [4.78, 5) is 14.0. The molecule has 0 spiro atoms. The van der Waals surface area contributed by atoms with E-state index in [2.05, 4.69) is 24.1 Å². The van der Waals surface area contributed by atoms with Crippen molar-refractivity contribution < 1.29 is 4.79 Å². The van der Waals surface area contributed by atoms with Crippen molar-refractivity contribution in [2.45, 2.75) is 26.3 Å². The van der Waals surface area contributed by atoms with Crippen LogP contribution >= 0.6 is 0 Å². The number of nitrogens with two attached hydrogens (primary N) is 1. The molecule has 4 nitrogen and oxygen atoms in total. The molecule has 4 heteroatoms. The van der Waals surface area contributed by atoms with Gasteiger partial charge in [-0.15, -0.1) is 0 Å². The summed E-state index contributed by atoms with van der Waals surface area (Å²) in [5.41, 5.74) is 7.35. The Morgan fingerprint density at radius 3 is 2.90 bits per heavy atom. The zero-order chi connectivity index (χ0) is 15.1. The van der Waals surface area contributed by atoms with Crippen LogP contribution in [0.4, 0.5) is 4.79 Å². The van der Waals surface area contributed by atoms with E-state index in [1.54, 1.807) is 0 Å². The zero-order valence-corrected chi connectivity index (χ0v) is 12.6. The molecule has 0 atom stereocenters. The Kier molecular flexibility index (Phi) is 5.65. The van der Waals surface area contributed by atoms with E-state index in [0.717, 1.165) is 43.0 Å². The first kappa shape index (κ1) is 15.4. The molecule has 112 valence electrons. The molecular formula is C17H23N3O. The fourth-order valence-corrected chi connectivity index (χ4v) is 2.41. The molecule has 1 aromatic carbocycles. The van der Waals surface area contributed by atoms with Crippen LogP contribution in [-0.4, -0.2) is 30.6 Å². The van der Waals surface area contributed by atoms with E-state index < -0.39 is 0 Å². The van der Waals surface area contributed by atoms with Crippen molar-refractivity contribution in [1.82, 2.24) is 10.2 Å². The summed E-state index contributed by atoms with van der Waals surface area (Å²) in [5.74, 6) is 6.57. The molecule has 1 fully saturated rings. The summed E-state index contributed by atoms with van der Waals surface area (Å²) in [6.07, 6.45) is 2.19. The van der Waals surface area contributed by atoms with Crippen molar-refractivity contribution in [2.24, 2.45) is 11.7 Å². The highest BCUT2D eigenvalue weighted by Gasteiger charge is 2.19. The lowest BCUT2D eigenvalue weighted by molar-refractivity contribution is 0.173. The first-order valence-electron chi connectivity index (χ1n) is 7.49. The molecule has 1 aliphatic heterocycles. The van der Waals surface area contributed by atoms with Crippen molar-refractivity contribution in [3.8, 4) is 11.8 Å². The van der Waals surface area contributed by atoms with Crippen molar-refractivity contribution in [3.05, 3.63) is 35.4 Å². The molecule has 0 radical (unpaired) electrons. The van der Waals surface area contributed by atoms with Gasteiger partial charge in [-0.2, -0.15) is 0 Å². The predicted octanol–water partition coefficient (Wildman–Crippen LogP) is 1.94. The number of urea groups is 1. The number of benzene rings is 1. The maximum absolute atomic E-state index is 12.1. The third-order valence-corrected chi connectivity index (χ3v) is 3.78. The van der Waals surface area contributed by atoms with E-state index in [0.29, 0.717) is 13.1 Å². The van der Waals surface area contributed by atoms with Crippen LogP contribution in [0.25, 0.3) is 0 Å². The van der Waals surface area contributed by atoms with Crippen molar-refractivity contribution in [2.75, 3.05) is 19.6 Å². The van der Waals surface area contributed by atoms with Crippen LogP contribution < -0.4 is 11.1 Å². The van der Waals surface area contributed by atoms with Gasteiger partial charge in [-0.25, -0.2) is 4.79 Å². The van der Waals surface area contributed by atoms with Crippen LogP contribution in [0, 0.1) is 17.8 Å². The van der Waals surface area contributed by atoms with E-state index in [4.69, 9.17) is 5.73 Å². The maximum atomic E-state index is 12.1. The van der Waals surface area contributed by atoms with Gasteiger partial charge < -0.3 is 16.0 Å². The summed E-state index contributed by atoms with van der Waals surface area (Å²) >= 11 is 0. The second-order valence-corrected chi connectivity index (χ2v) is 5.53. The number of carbonyl (C=O) groups is 1. The number of nitrogens with zero attached hydrogens (tertiary/aromatic N) is 1. The van der Waals surface area contributed by atoms with Crippen LogP contribution in [-0.2, 0) is 6.54 Å². The summed E-state index contributed by atoms with van der Waals surface area (Å²) in [7, 11) is 0. The number of hydrogen-bond acceptors (Lipinski definition) is 2. The average Bonchev–Trinajstić information content (AvgIpc) is 2.52. The van der Waals surface area contributed by atoms with Gasteiger partial charge in [0.15, 0.2) is 0 Å². The molecule has 0 unspecified atom stereocenters. The van der Waals surface area contributed by atoms with Crippen LogP contribution in [0.2, 0.25) is 0 Å². The van der Waals surface area contributed by atoms with Gasteiger partial charge in [-0.1, -0.05) is 30.9 Å².